The second-order valence-corrected chi connectivity index (χ2v) is 4.71. The molecule has 1 aromatic heterocycles. The Morgan fingerprint density at radius 2 is 2.44 bits per heavy atom. The van der Waals surface area contributed by atoms with E-state index in [9.17, 15) is 0 Å². The first kappa shape index (κ1) is 9.66. The Kier molecular flexibility index (Phi) is 2.50. The summed E-state index contributed by atoms with van der Waals surface area (Å²) in [4.78, 5) is 5.30. The smallest absolute Gasteiger partial charge is 0.122 e. The largest absolute Gasteiger partial charge is 0.493 e. The number of thiazole rings is 1. The normalized spacial score (nSPS) is 13.2. The number of hydrogen-bond acceptors (Lipinski definition) is 4. The lowest BCUT2D eigenvalue weighted by Crippen LogP contribution is -1.97. The minimum atomic E-state index is 0.813. The second kappa shape index (κ2) is 4.14. The minimum Gasteiger partial charge on any atom is -0.493 e. The number of anilines is 1. The third-order valence-corrected chi connectivity index (χ3v) is 3.42. The Morgan fingerprint density at radius 1 is 1.44 bits per heavy atom. The number of aromatic nitrogens is 1. The molecule has 0 fully saturated rings. The van der Waals surface area contributed by atoms with Crippen LogP contribution in [0.1, 0.15) is 10.4 Å². The summed E-state index contributed by atoms with van der Waals surface area (Å²) in [5.41, 5.74) is 4.31. The standard InChI is InChI=1S/C12H12N2OS/c1-2-12-9(3-4-15-12)5-10(1)14-7-11-6-13-8-16-11/h1-2,5-6,8,14H,3-4,7H2. The Labute approximate surface area is 98.1 Å². The van der Waals surface area contributed by atoms with Gasteiger partial charge in [0.1, 0.15) is 5.75 Å². The average Bonchev–Trinajstić information content (AvgIpc) is 2.97. The summed E-state index contributed by atoms with van der Waals surface area (Å²) in [6.07, 6.45) is 2.92. The molecule has 1 aliphatic rings. The summed E-state index contributed by atoms with van der Waals surface area (Å²) in [5, 5.41) is 3.39. The molecule has 4 heteroatoms. The number of nitrogens with zero attached hydrogens (tertiary/aromatic N) is 1. The second-order valence-electron chi connectivity index (χ2n) is 3.74. The van der Waals surface area contributed by atoms with Gasteiger partial charge < -0.3 is 10.1 Å². The Balaban J connectivity index is 1.71. The van der Waals surface area contributed by atoms with E-state index < -0.39 is 0 Å². The monoisotopic (exact) mass is 232 g/mol. The fourth-order valence-electron chi connectivity index (χ4n) is 1.82. The zero-order chi connectivity index (χ0) is 10.8. The number of fused-ring (bicyclic) bond motifs is 1. The molecule has 1 aliphatic heterocycles. The first-order valence-corrected chi connectivity index (χ1v) is 6.17. The van der Waals surface area contributed by atoms with E-state index in [1.807, 2.05) is 17.8 Å². The third kappa shape index (κ3) is 1.88. The lowest BCUT2D eigenvalue weighted by Gasteiger charge is -2.06. The molecule has 0 radical (unpaired) electrons. The van der Waals surface area contributed by atoms with Gasteiger partial charge in [-0.25, -0.2) is 0 Å². The number of hydrogen-bond donors (Lipinski definition) is 1. The molecule has 0 atom stereocenters. The van der Waals surface area contributed by atoms with Crippen molar-refractivity contribution in [3.63, 3.8) is 0 Å². The van der Waals surface area contributed by atoms with Crippen LogP contribution in [0.5, 0.6) is 5.75 Å². The maximum atomic E-state index is 5.47. The van der Waals surface area contributed by atoms with Gasteiger partial charge in [-0.3, -0.25) is 4.98 Å². The van der Waals surface area contributed by atoms with Gasteiger partial charge in [-0.15, -0.1) is 11.3 Å². The van der Waals surface area contributed by atoms with Crippen molar-refractivity contribution in [2.24, 2.45) is 0 Å². The molecule has 0 bridgehead atoms. The van der Waals surface area contributed by atoms with Crippen LogP contribution in [-0.4, -0.2) is 11.6 Å². The molecule has 0 unspecified atom stereocenters. The summed E-state index contributed by atoms with van der Waals surface area (Å²) in [6.45, 7) is 1.65. The summed E-state index contributed by atoms with van der Waals surface area (Å²) in [6, 6.07) is 6.27. The highest BCUT2D eigenvalue weighted by Gasteiger charge is 2.11. The predicted molar refractivity (Wildman–Crippen MR) is 65.1 cm³/mol. The van der Waals surface area contributed by atoms with E-state index in [0.29, 0.717) is 0 Å². The summed E-state index contributed by atoms with van der Waals surface area (Å²) < 4.78 is 5.47. The van der Waals surface area contributed by atoms with E-state index in [1.54, 1.807) is 11.3 Å². The molecule has 3 nitrogen and oxygen atoms in total. The highest BCUT2D eigenvalue weighted by atomic mass is 32.1. The molecule has 1 N–H and O–H groups in total. The topological polar surface area (TPSA) is 34.2 Å². The van der Waals surface area contributed by atoms with Gasteiger partial charge in [-0.05, 0) is 23.8 Å². The van der Waals surface area contributed by atoms with Crippen LogP contribution in [-0.2, 0) is 13.0 Å². The fraction of sp³-hybridized carbons (Fsp3) is 0.250. The van der Waals surface area contributed by atoms with E-state index in [2.05, 4.69) is 22.4 Å². The van der Waals surface area contributed by atoms with Crippen LogP contribution < -0.4 is 10.1 Å². The van der Waals surface area contributed by atoms with Gasteiger partial charge in [0.05, 0.1) is 18.7 Å². The Hall–Kier alpha value is -1.55. The van der Waals surface area contributed by atoms with Gasteiger partial charge in [0.15, 0.2) is 0 Å². The van der Waals surface area contributed by atoms with Gasteiger partial charge in [-0.1, -0.05) is 0 Å². The zero-order valence-corrected chi connectivity index (χ0v) is 9.59. The fourth-order valence-corrected chi connectivity index (χ4v) is 2.35. The first-order chi connectivity index (χ1) is 7.92. The predicted octanol–water partition coefficient (Wildman–Crippen LogP) is 2.69. The number of nitrogens with one attached hydrogen (secondary N) is 1. The van der Waals surface area contributed by atoms with Gasteiger partial charge in [0.2, 0.25) is 0 Å². The minimum absolute atomic E-state index is 0.813. The highest BCUT2D eigenvalue weighted by Crippen LogP contribution is 2.28. The molecule has 2 aromatic rings. The molecule has 0 saturated carbocycles. The number of benzene rings is 1. The van der Waals surface area contributed by atoms with Gasteiger partial charge in [0, 0.05) is 23.2 Å². The van der Waals surface area contributed by atoms with Crippen LogP contribution in [0.4, 0.5) is 5.69 Å². The van der Waals surface area contributed by atoms with Crippen molar-refractivity contribution in [3.8, 4) is 5.75 Å². The van der Waals surface area contributed by atoms with Crippen molar-refractivity contribution in [2.45, 2.75) is 13.0 Å². The van der Waals surface area contributed by atoms with E-state index in [-0.39, 0.29) is 0 Å². The molecule has 3 rings (SSSR count). The van der Waals surface area contributed by atoms with Crippen molar-refractivity contribution in [1.82, 2.24) is 4.98 Å². The van der Waals surface area contributed by atoms with Crippen molar-refractivity contribution < 1.29 is 4.74 Å². The van der Waals surface area contributed by atoms with Crippen molar-refractivity contribution in [2.75, 3.05) is 11.9 Å². The SMILES string of the molecule is c1ncc(CNc2ccc3c(c2)CCO3)s1. The van der Waals surface area contributed by atoms with E-state index in [0.717, 1.165) is 31.0 Å². The van der Waals surface area contributed by atoms with Crippen LogP contribution in [0.25, 0.3) is 0 Å². The van der Waals surface area contributed by atoms with Crippen molar-refractivity contribution in [3.05, 3.63) is 40.3 Å². The Morgan fingerprint density at radius 3 is 3.31 bits per heavy atom. The Bertz CT molecular complexity index is 482. The zero-order valence-electron chi connectivity index (χ0n) is 8.77. The molecular weight excluding hydrogens is 220 g/mol. The van der Waals surface area contributed by atoms with Crippen LogP contribution in [0.15, 0.2) is 29.9 Å². The van der Waals surface area contributed by atoms with Crippen LogP contribution in [0.2, 0.25) is 0 Å². The van der Waals surface area contributed by atoms with Gasteiger partial charge >= 0.3 is 0 Å². The van der Waals surface area contributed by atoms with Crippen LogP contribution >= 0.6 is 11.3 Å². The molecule has 0 amide bonds. The molecule has 82 valence electrons. The first-order valence-electron chi connectivity index (χ1n) is 5.29. The van der Waals surface area contributed by atoms with Gasteiger partial charge in [-0.2, -0.15) is 0 Å². The van der Waals surface area contributed by atoms with Crippen LogP contribution in [0.3, 0.4) is 0 Å². The molecule has 0 aliphatic carbocycles. The molecule has 1 aromatic carbocycles. The lowest BCUT2D eigenvalue weighted by molar-refractivity contribution is 0.357. The molecular formula is C12H12N2OS. The molecule has 0 spiro atoms. The maximum absolute atomic E-state index is 5.47. The van der Waals surface area contributed by atoms with Crippen molar-refractivity contribution in [1.29, 1.82) is 0 Å². The van der Waals surface area contributed by atoms with Crippen LogP contribution in [0, 0.1) is 0 Å². The van der Waals surface area contributed by atoms with Gasteiger partial charge in [0.25, 0.3) is 0 Å². The maximum Gasteiger partial charge on any atom is 0.122 e. The van der Waals surface area contributed by atoms with E-state index in [1.165, 1.54) is 10.4 Å². The molecule has 2 heterocycles. The summed E-state index contributed by atoms with van der Waals surface area (Å²) in [7, 11) is 0. The summed E-state index contributed by atoms with van der Waals surface area (Å²) >= 11 is 1.67. The van der Waals surface area contributed by atoms with E-state index >= 15 is 0 Å². The quantitative estimate of drug-likeness (QED) is 0.883. The summed E-state index contributed by atoms with van der Waals surface area (Å²) in [5.74, 6) is 1.03. The number of rotatable bonds is 3. The average molecular weight is 232 g/mol. The third-order valence-electron chi connectivity index (χ3n) is 2.64. The lowest BCUT2D eigenvalue weighted by atomic mass is 10.1. The van der Waals surface area contributed by atoms with Crippen molar-refractivity contribution >= 4 is 17.0 Å². The highest BCUT2D eigenvalue weighted by molar-refractivity contribution is 7.09. The number of ether oxygens (including phenoxy) is 1. The molecule has 0 saturated heterocycles. The van der Waals surface area contributed by atoms with E-state index in [4.69, 9.17) is 4.74 Å². The molecule has 16 heavy (non-hydrogen) atoms.